The number of rotatable bonds is 6. The number of carbonyl (C=O) groups is 1. The normalized spacial score (nSPS) is 22.1. The van der Waals surface area contributed by atoms with E-state index in [0.717, 1.165) is 48.7 Å². The molecule has 0 spiro atoms. The maximum atomic E-state index is 13.4. The van der Waals surface area contributed by atoms with Gasteiger partial charge in [-0.15, -0.1) is 5.10 Å². The van der Waals surface area contributed by atoms with Crippen molar-refractivity contribution in [3.63, 3.8) is 0 Å². The molecule has 2 aliphatic rings. The first-order valence-electron chi connectivity index (χ1n) is 10.5. The molecule has 0 atom stereocenters. The third kappa shape index (κ3) is 3.64. The van der Waals surface area contributed by atoms with Crippen molar-refractivity contribution in [2.24, 2.45) is 5.92 Å². The van der Waals surface area contributed by atoms with Crippen molar-refractivity contribution < 1.29 is 9.53 Å². The summed E-state index contributed by atoms with van der Waals surface area (Å²) in [5.41, 5.74) is 2.16. The van der Waals surface area contributed by atoms with E-state index in [-0.39, 0.29) is 5.91 Å². The molecule has 0 N–H and O–H groups in total. The Hall–Kier alpha value is -2.37. The van der Waals surface area contributed by atoms with Crippen LogP contribution in [0, 0.1) is 12.8 Å². The van der Waals surface area contributed by atoms with Crippen LogP contribution in [-0.2, 0) is 0 Å². The highest BCUT2D eigenvalue weighted by Gasteiger charge is 2.40. The summed E-state index contributed by atoms with van der Waals surface area (Å²) in [6.07, 6.45) is 8.18. The van der Waals surface area contributed by atoms with E-state index in [1.807, 2.05) is 31.2 Å². The lowest BCUT2D eigenvalue weighted by Crippen LogP contribution is -2.44. The smallest absolute Gasteiger partial charge is 0.276 e. The minimum Gasteiger partial charge on any atom is -0.497 e. The molecule has 4 rings (SSSR count). The average Bonchev–Trinajstić information content (AvgIpc) is 3.49. The molecule has 150 valence electrons. The topological polar surface area (TPSA) is 60.2 Å². The van der Waals surface area contributed by atoms with Crippen LogP contribution in [0.1, 0.15) is 68.1 Å². The Bertz CT molecular complexity index is 818. The van der Waals surface area contributed by atoms with Crippen LogP contribution in [0.3, 0.4) is 0 Å². The molecule has 2 saturated carbocycles. The molecule has 28 heavy (non-hydrogen) atoms. The highest BCUT2D eigenvalue weighted by molar-refractivity contribution is 5.94. The van der Waals surface area contributed by atoms with E-state index in [1.54, 1.807) is 11.8 Å². The summed E-state index contributed by atoms with van der Waals surface area (Å²) in [4.78, 5) is 15.6. The van der Waals surface area contributed by atoms with E-state index in [0.29, 0.717) is 17.8 Å². The lowest BCUT2D eigenvalue weighted by molar-refractivity contribution is 0.0580. The highest BCUT2D eigenvalue weighted by atomic mass is 16.5. The molecular weight excluding hydrogens is 352 g/mol. The van der Waals surface area contributed by atoms with Crippen molar-refractivity contribution in [1.82, 2.24) is 19.9 Å². The van der Waals surface area contributed by atoms with Gasteiger partial charge in [-0.25, -0.2) is 4.68 Å². The highest BCUT2D eigenvalue weighted by Crippen LogP contribution is 2.37. The second kappa shape index (κ2) is 7.94. The lowest BCUT2D eigenvalue weighted by Gasteiger charge is -2.36. The van der Waals surface area contributed by atoms with E-state index < -0.39 is 0 Å². The van der Waals surface area contributed by atoms with Crippen LogP contribution < -0.4 is 4.74 Å². The number of benzene rings is 1. The van der Waals surface area contributed by atoms with Crippen LogP contribution in [0.5, 0.6) is 5.75 Å². The van der Waals surface area contributed by atoms with Crippen LogP contribution >= 0.6 is 0 Å². The van der Waals surface area contributed by atoms with Crippen LogP contribution in [0.2, 0.25) is 0 Å². The van der Waals surface area contributed by atoms with E-state index in [4.69, 9.17) is 4.74 Å². The van der Waals surface area contributed by atoms with Crippen molar-refractivity contribution >= 4 is 5.91 Å². The van der Waals surface area contributed by atoms with Gasteiger partial charge in [0.1, 0.15) is 5.75 Å². The number of methoxy groups -OCH3 is 1. The standard InChI is InChI=1S/C22H30N4O2/c1-4-16-5-7-17(8-6-16)25(18-9-10-18)22(27)21-15(2)26(24-23-21)19-11-13-20(28-3)14-12-19/h11-14,16-18H,4-10H2,1-3H3. The summed E-state index contributed by atoms with van der Waals surface area (Å²) >= 11 is 0. The van der Waals surface area contributed by atoms with E-state index in [1.165, 1.54) is 19.3 Å². The number of amides is 1. The molecule has 0 radical (unpaired) electrons. The number of nitrogens with zero attached hydrogens (tertiary/aromatic N) is 4. The molecule has 2 fully saturated rings. The molecule has 0 bridgehead atoms. The molecule has 0 aliphatic heterocycles. The first-order chi connectivity index (χ1) is 13.6. The third-order valence-electron chi connectivity index (χ3n) is 6.38. The molecule has 6 heteroatoms. The lowest BCUT2D eigenvalue weighted by atomic mass is 9.83. The zero-order valence-electron chi connectivity index (χ0n) is 17.1. The zero-order chi connectivity index (χ0) is 19.7. The summed E-state index contributed by atoms with van der Waals surface area (Å²) in [7, 11) is 1.65. The van der Waals surface area contributed by atoms with Gasteiger partial charge in [0, 0.05) is 12.1 Å². The maximum absolute atomic E-state index is 13.4. The Morgan fingerprint density at radius 2 is 1.71 bits per heavy atom. The second-order valence-electron chi connectivity index (χ2n) is 8.16. The van der Waals surface area contributed by atoms with Crippen LogP contribution in [0.15, 0.2) is 24.3 Å². The van der Waals surface area contributed by atoms with Gasteiger partial charge in [0.2, 0.25) is 0 Å². The Morgan fingerprint density at radius 3 is 2.25 bits per heavy atom. The number of hydrogen-bond acceptors (Lipinski definition) is 4. The van der Waals surface area contributed by atoms with E-state index in [9.17, 15) is 4.79 Å². The fourth-order valence-electron chi connectivity index (χ4n) is 4.43. The first-order valence-corrected chi connectivity index (χ1v) is 10.5. The van der Waals surface area contributed by atoms with E-state index >= 15 is 0 Å². The van der Waals surface area contributed by atoms with Crippen LogP contribution in [0.4, 0.5) is 0 Å². The minimum atomic E-state index is 0.0553. The SMILES string of the molecule is CCC1CCC(N(C(=O)c2nnn(-c3ccc(OC)cc3)c2C)C2CC2)CC1. The van der Waals surface area contributed by atoms with Crippen molar-refractivity contribution in [3.05, 3.63) is 35.7 Å². The predicted molar refractivity (Wildman–Crippen MR) is 108 cm³/mol. The average molecular weight is 383 g/mol. The van der Waals surface area contributed by atoms with Gasteiger partial charge in [0.25, 0.3) is 5.91 Å². The third-order valence-corrected chi connectivity index (χ3v) is 6.38. The summed E-state index contributed by atoms with van der Waals surface area (Å²) in [6, 6.07) is 8.38. The monoisotopic (exact) mass is 382 g/mol. The number of carbonyl (C=O) groups excluding carboxylic acids is 1. The molecule has 0 saturated heterocycles. The predicted octanol–water partition coefficient (Wildman–Crippen LogP) is 4.16. The Morgan fingerprint density at radius 1 is 1.11 bits per heavy atom. The molecule has 1 heterocycles. The number of hydrogen-bond donors (Lipinski definition) is 0. The summed E-state index contributed by atoms with van der Waals surface area (Å²) in [6.45, 7) is 4.20. The largest absolute Gasteiger partial charge is 0.497 e. The molecular formula is C22H30N4O2. The Labute approximate surface area is 166 Å². The van der Waals surface area contributed by atoms with Crippen molar-refractivity contribution in [2.45, 2.75) is 70.9 Å². The molecule has 6 nitrogen and oxygen atoms in total. The molecule has 1 amide bonds. The molecule has 0 unspecified atom stereocenters. The van der Waals surface area contributed by atoms with Crippen LogP contribution in [-0.4, -0.2) is 45.0 Å². The van der Waals surface area contributed by atoms with Crippen molar-refractivity contribution in [2.75, 3.05) is 7.11 Å². The Balaban J connectivity index is 1.55. The summed E-state index contributed by atoms with van der Waals surface area (Å²) < 4.78 is 6.96. The number of ether oxygens (including phenoxy) is 1. The van der Waals surface area contributed by atoms with Crippen molar-refractivity contribution in [1.29, 1.82) is 0 Å². The van der Waals surface area contributed by atoms with Crippen molar-refractivity contribution in [3.8, 4) is 11.4 Å². The molecule has 1 aromatic carbocycles. The van der Waals surface area contributed by atoms with Gasteiger partial charge in [-0.3, -0.25) is 4.79 Å². The van der Waals surface area contributed by atoms with Crippen LogP contribution in [0.25, 0.3) is 5.69 Å². The van der Waals surface area contributed by atoms with Gasteiger partial charge >= 0.3 is 0 Å². The van der Waals surface area contributed by atoms with Gasteiger partial charge in [-0.05, 0) is 75.6 Å². The van der Waals surface area contributed by atoms with Gasteiger partial charge in [-0.1, -0.05) is 18.6 Å². The molecule has 1 aromatic heterocycles. The summed E-state index contributed by atoms with van der Waals surface area (Å²) in [5, 5.41) is 8.56. The second-order valence-corrected chi connectivity index (χ2v) is 8.16. The Kier molecular flexibility index (Phi) is 5.38. The molecule has 2 aliphatic carbocycles. The maximum Gasteiger partial charge on any atom is 0.276 e. The van der Waals surface area contributed by atoms with E-state index in [2.05, 4.69) is 22.1 Å². The van der Waals surface area contributed by atoms with Gasteiger partial charge in [-0.2, -0.15) is 0 Å². The summed E-state index contributed by atoms with van der Waals surface area (Å²) in [5.74, 6) is 1.67. The van der Waals surface area contributed by atoms with Gasteiger partial charge in [0.05, 0.1) is 18.5 Å². The molecule has 2 aromatic rings. The minimum absolute atomic E-state index is 0.0553. The quantitative estimate of drug-likeness (QED) is 0.753. The zero-order valence-corrected chi connectivity index (χ0v) is 17.1. The number of aromatic nitrogens is 3. The van der Waals surface area contributed by atoms with Gasteiger partial charge in [0.15, 0.2) is 5.69 Å². The fourth-order valence-corrected chi connectivity index (χ4v) is 4.43. The van der Waals surface area contributed by atoms with Gasteiger partial charge < -0.3 is 9.64 Å². The first kappa shape index (κ1) is 19.0. The fraction of sp³-hybridized carbons (Fsp3) is 0.591.